The average Bonchev–Trinajstić information content (AvgIpc) is 2.56. The standard InChI is InChI=1S/C15H19ClO/c1-11-8-9-13(14(16)10-11)15(17)12-6-4-2-3-5-7-12/h6,8-10,15,17H,2-5,7H2,1H3. The number of hydrogen-bond donors (Lipinski definition) is 1. The fourth-order valence-electron chi connectivity index (χ4n) is 2.34. The molecule has 17 heavy (non-hydrogen) atoms. The lowest BCUT2D eigenvalue weighted by molar-refractivity contribution is 0.211. The lowest BCUT2D eigenvalue weighted by Gasteiger charge is -2.16. The van der Waals surface area contributed by atoms with Crippen molar-refractivity contribution in [3.05, 3.63) is 46.0 Å². The van der Waals surface area contributed by atoms with E-state index in [-0.39, 0.29) is 0 Å². The summed E-state index contributed by atoms with van der Waals surface area (Å²) in [5, 5.41) is 11.1. The van der Waals surface area contributed by atoms with Crippen LogP contribution in [0.4, 0.5) is 0 Å². The number of aliphatic hydroxyl groups excluding tert-OH is 1. The van der Waals surface area contributed by atoms with E-state index in [1.807, 2.05) is 25.1 Å². The molecule has 2 heteroatoms. The molecule has 0 aromatic heterocycles. The lowest BCUT2D eigenvalue weighted by atomic mass is 9.97. The van der Waals surface area contributed by atoms with Gasteiger partial charge in [-0.15, -0.1) is 0 Å². The Morgan fingerprint density at radius 2 is 2.06 bits per heavy atom. The fourth-order valence-corrected chi connectivity index (χ4v) is 2.68. The summed E-state index contributed by atoms with van der Waals surface area (Å²) < 4.78 is 0. The molecule has 0 fully saturated rings. The van der Waals surface area contributed by atoms with Crippen molar-refractivity contribution < 1.29 is 5.11 Å². The summed E-state index contributed by atoms with van der Waals surface area (Å²) in [4.78, 5) is 0. The molecule has 1 unspecified atom stereocenters. The molecule has 1 aromatic rings. The molecule has 1 nitrogen and oxygen atoms in total. The summed E-state index contributed by atoms with van der Waals surface area (Å²) in [5.41, 5.74) is 3.10. The normalized spacial score (nSPS) is 18.4. The van der Waals surface area contributed by atoms with Gasteiger partial charge in [0.15, 0.2) is 0 Å². The Labute approximate surface area is 108 Å². The maximum Gasteiger partial charge on any atom is 0.101 e. The zero-order valence-electron chi connectivity index (χ0n) is 10.2. The second kappa shape index (κ2) is 5.70. The maximum atomic E-state index is 10.4. The van der Waals surface area contributed by atoms with Crippen LogP contribution in [0, 0.1) is 6.92 Å². The van der Waals surface area contributed by atoms with Crippen LogP contribution in [0.25, 0.3) is 0 Å². The molecule has 0 heterocycles. The van der Waals surface area contributed by atoms with Gasteiger partial charge in [-0.2, -0.15) is 0 Å². The highest BCUT2D eigenvalue weighted by Crippen LogP contribution is 2.33. The lowest BCUT2D eigenvalue weighted by Crippen LogP contribution is -2.02. The largest absolute Gasteiger partial charge is 0.384 e. The topological polar surface area (TPSA) is 20.2 Å². The molecule has 1 aromatic carbocycles. The number of aryl methyl sites for hydroxylation is 1. The molecule has 0 saturated heterocycles. The number of allylic oxidation sites excluding steroid dienone is 1. The van der Waals surface area contributed by atoms with E-state index >= 15 is 0 Å². The summed E-state index contributed by atoms with van der Waals surface area (Å²) in [6.45, 7) is 2.01. The molecular formula is C15H19ClO. The van der Waals surface area contributed by atoms with Crippen molar-refractivity contribution in [2.45, 2.75) is 45.1 Å². The van der Waals surface area contributed by atoms with Crippen LogP contribution in [0.15, 0.2) is 29.8 Å². The number of rotatable bonds is 2. The molecule has 1 atom stereocenters. The van der Waals surface area contributed by atoms with Gasteiger partial charge in [-0.1, -0.05) is 36.2 Å². The Hall–Kier alpha value is -0.790. The van der Waals surface area contributed by atoms with Gasteiger partial charge < -0.3 is 5.11 Å². The quantitative estimate of drug-likeness (QED) is 0.763. The third-order valence-corrected chi connectivity index (χ3v) is 3.71. The fraction of sp³-hybridized carbons (Fsp3) is 0.467. The van der Waals surface area contributed by atoms with Crippen LogP contribution >= 0.6 is 11.6 Å². The van der Waals surface area contributed by atoms with Crippen LogP contribution in [-0.2, 0) is 0 Å². The van der Waals surface area contributed by atoms with E-state index < -0.39 is 6.10 Å². The van der Waals surface area contributed by atoms with E-state index in [0.717, 1.165) is 29.5 Å². The van der Waals surface area contributed by atoms with Crippen LogP contribution in [0.1, 0.15) is 49.3 Å². The Bertz CT molecular complexity index is 423. The van der Waals surface area contributed by atoms with Gasteiger partial charge in [0, 0.05) is 10.6 Å². The SMILES string of the molecule is Cc1ccc(C(O)C2=CCCCCC2)c(Cl)c1. The maximum absolute atomic E-state index is 10.4. The van der Waals surface area contributed by atoms with E-state index in [2.05, 4.69) is 6.08 Å². The zero-order valence-corrected chi connectivity index (χ0v) is 11.0. The highest BCUT2D eigenvalue weighted by Gasteiger charge is 2.17. The molecule has 0 spiro atoms. The van der Waals surface area contributed by atoms with Crippen molar-refractivity contribution in [3.63, 3.8) is 0 Å². The average molecular weight is 251 g/mol. The van der Waals surface area contributed by atoms with Crippen LogP contribution in [0.5, 0.6) is 0 Å². The molecule has 0 amide bonds. The van der Waals surface area contributed by atoms with Gasteiger partial charge in [-0.3, -0.25) is 0 Å². The molecule has 1 aliphatic carbocycles. The van der Waals surface area contributed by atoms with E-state index in [1.54, 1.807) is 0 Å². The molecule has 0 bridgehead atoms. The Morgan fingerprint density at radius 1 is 1.24 bits per heavy atom. The second-order valence-electron chi connectivity index (χ2n) is 4.81. The van der Waals surface area contributed by atoms with Crippen molar-refractivity contribution in [1.82, 2.24) is 0 Å². The Morgan fingerprint density at radius 3 is 2.82 bits per heavy atom. The van der Waals surface area contributed by atoms with Gasteiger partial charge >= 0.3 is 0 Å². The molecule has 0 aliphatic heterocycles. The van der Waals surface area contributed by atoms with Crippen molar-refractivity contribution in [2.24, 2.45) is 0 Å². The molecule has 0 saturated carbocycles. The molecular weight excluding hydrogens is 232 g/mol. The highest BCUT2D eigenvalue weighted by atomic mass is 35.5. The van der Waals surface area contributed by atoms with Crippen LogP contribution in [0.2, 0.25) is 5.02 Å². The van der Waals surface area contributed by atoms with Crippen LogP contribution in [0.3, 0.4) is 0 Å². The molecule has 1 N–H and O–H groups in total. The van der Waals surface area contributed by atoms with Crippen LogP contribution < -0.4 is 0 Å². The van der Waals surface area contributed by atoms with E-state index in [0.29, 0.717) is 5.02 Å². The first-order chi connectivity index (χ1) is 8.18. The minimum absolute atomic E-state index is 0.527. The van der Waals surface area contributed by atoms with Gasteiger partial charge in [-0.25, -0.2) is 0 Å². The smallest absolute Gasteiger partial charge is 0.101 e. The van der Waals surface area contributed by atoms with Crippen LogP contribution in [-0.4, -0.2) is 5.11 Å². The predicted molar refractivity (Wildman–Crippen MR) is 72.3 cm³/mol. The van der Waals surface area contributed by atoms with Gasteiger partial charge in [-0.05, 0) is 49.8 Å². The molecule has 1 aliphatic rings. The minimum Gasteiger partial charge on any atom is -0.384 e. The first-order valence-corrected chi connectivity index (χ1v) is 6.69. The molecule has 92 valence electrons. The van der Waals surface area contributed by atoms with E-state index in [1.165, 1.54) is 19.3 Å². The van der Waals surface area contributed by atoms with Gasteiger partial charge in [0.1, 0.15) is 6.10 Å². The van der Waals surface area contributed by atoms with E-state index in [4.69, 9.17) is 11.6 Å². The minimum atomic E-state index is -0.527. The summed E-state index contributed by atoms with van der Waals surface area (Å²) in [6.07, 6.45) is 7.40. The Balaban J connectivity index is 2.23. The van der Waals surface area contributed by atoms with Crippen molar-refractivity contribution in [3.8, 4) is 0 Å². The van der Waals surface area contributed by atoms with Crippen molar-refractivity contribution in [1.29, 1.82) is 0 Å². The zero-order chi connectivity index (χ0) is 12.3. The van der Waals surface area contributed by atoms with E-state index in [9.17, 15) is 5.11 Å². The monoisotopic (exact) mass is 250 g/mol. The van der Waals surface area contributed by atoms with Crippen molar-refractivity contribution in [2.75, 3.05) is 0 Å². The number of aliphatic hydroxyl groups is 1. The first kappa shape index (κ1) is 12.7. The first-order valence-electron chi connectivity index (χ1n) is 6.31. The molecule has 0 radical (unpaired) electrons. The number of hydrogen-bond acceptors (Lipinski definition) is 1. The van der Waals surface area contributed by atoms with Crippen molar-refractivity contribution >= 4 is 11.6 Å². The number of halogens is 1. The number of benzene rings is 1. The second-order valence-corrected chi connectivity index (χ2v) is 5.21. The summed E-state index contributed by atoms with van der Waals surface area (Å²) >= 11 is 6.20. The predicted octanol–water partition coefficient (Wildman–Crippen LogP) is 4.57. The van der Waals surface area contributed by atoms with Gasteiger partial charge in [0.2, 0.25) is 0 Å². The van der Waals surface area contributed by atoms with Gasteiger partial charge in [0.05, 0.1) is 0 Å². The third-order valence-electron chi connectivity index (χ3n) is 3.38. The summed E-state index contributed by atoms with van der Waals surface area (Å²) in [6, 6.07) is 5.85. The Kier molecular flexibility index (Phi) is 4.25. The summed E-state index contributed by atoms with van der Waals surface area (Å²) in [5.74, 6) is 0. The summed E-state index contributed by atoms with van der Waals surface area (Å²) in [7, 11) is 0. The van der Waals surface area contributed by atoms with Gasteiger partial charge in [0.25, 0.3) is 0 Å². The third kappa shape index (κ3) is 3.11. The highest BCUT2D eigenvalue weighted by molar-refractivity contribution is 6.31. The molecule has 2 rings (SSSR count).